The first kappa shape index (κ1) is 20.8. The summed E-state index contributed by atoms with van der Waals surface area (Å²) in [4.78, 5) is 31.6. The second kappa shape index (κ2) is 9.54. The van der Waals surface area contributed by atoms with Crippen LogP contribution in [0, 0.1) is 12.8 Å². The summed E-state index contributed by atoms with van der Waals surface area (Å²) in [5.41, 5.74) is 2.92. The molecule has 6 nitrogen and oxygen atoms in total. The monoisotopic (exact) mass is 394 g/mol. The number of aryl methyl sites for hydroxylation is 1. The number of nitrogens with one attached hydrogen (secondary N) is 2. The van der Waals surface area contributed by atoms with Gasteiger partial charge in [-0.25, -0.2) is 4.79 Å². The molecule has 1 aromatic heterocycles. The van der Waals surface area contributed by atoms with Crippen molar-refractivity contribution in [2.75, 3.05) is 13.1 Å². The standard InChI is InChI=1S/C23H30N4O2/c1-16(2)25-23(29)27-14-11-19(12-15-27)22(28)26-21(18-9-5-4-6-10-18)20-17(3)8-7-13-24-20/h4-10,13,16,19,21H,11-12,14-15H2,1-3H3,(H,25,29)(H,26,28). The summed E-state index contributed by atoms with van der Waals surface area (Å²) in [6, 6.07) is 13.6. The van der Waals surface area contributed by atoms with Gasteiger partial charge in [0.05, 0.1) is 11.7 Å². The van der Waals surface area contributed by atoms with Gasteiger partial charge in [0, 0.05) is 31.2 Å². The molecule has 2 N–H and O–H groups in total. The van der Waals surface area contributed by atoms with Crippen molar-refractivity contribution in [2.45, 2.75) is 45.7 Å². The lowest BCUT2D eigenvalue weighted by Gasteiger charge is -2.32. The predicted octanol–water partition coefficient (Wildman–Crippen LogP) is 3.43. The minimum Gasteiger partial charge on any atom is -0.343 e. The molecule has 2 aromatic rings. The Kier molecular flexibility index (Phi) is 6.86. The minimum absolute atomic E-state index is 0.0211. The number of carbonyl (C=O) groups is 2. The maximum absolute atomic E-state index is 13.1. The molecule has 1 fully saturated rings. The number of amides is 3. The average Bonchev–Trinajstić information content (AvgIpc) is 2.73. The first-order valence-corrected chi connectivity index (χ1v) is 10.3. The smallest absolute Gasteiger partial charge is 0.317 e. The molecular weight excluding hydrogens is 364 g/mol. The molecule has 1 saturated heterocycles. The van der Waals surface area contributed by atoms with Gasteiger partial charge in [-0.05, 0) is 50.8 Å². The summed E-state index contributed by atoms with van der Waals surface area (Å²) in [5.74, 6) is -0.0823. The van der Waals surface area contributed by atoms with Crippen molar-refractivity contribution in [1.29, 1.82) is 0 Å². The molecule has 3 amide bonds. The van der Waals surface area contributed by atoms with Gasteiger partial charge < -0.3 is 15.5 Å². The van der Waals surface area contributed by atoms with Crippen molar-refractivity contribution in [1.82, 2.24) is 20.5 Å². The fourth-order valence-electron chi connectivity index (χ4n) is 3.70. The molecule has 0 saturated carbocycles. The van der Waals surface area contributed by atoms with Gasteiger partial charge in [0.1, 0.15) is 0 Å². The molecule has 1 atom stereocenters. The fourth-order valence-corrected chi connectivity index (χ4v) is 3.70. The molecule has 0 spiro atoms. The second-order valence-electron chi connectivity index (χ2n) is 7.92. The van der Waals surface area contributed by atoms with E-state index in [0.29, 0.717) is 25.9 Å². The molecule has 1 aliphatic rings. The van der Waals surface area contributed by atoms with Crippen LogP contribution in [0.25, 0.3) is 0 Å². The zero-order valence-corrected chi connectivity index (χ0v) is 17.4. The van der Waals surface area contributed by atoms with Gasteiger partial charge in [-0.2, -0.15) is 0 Å². The highest BCUT2D eigenvalue weighted by molar-refractivity contribution is 5.80. The van der Waals surface area contributed by atoms with E-state index in [2.05, 4.69) is 15.6 Å². The molecule has 0 bridgehead atoms. The largest absolute Gasteiger partial charge is 0.343 e. The molecule has 1 aromatic carbocycles. The summed E-state index contributed by atoms with van der Waals surface area (Å²) in [7, 11) is 0. The van der Waals surface area contributed by atoms with Gasteiger partial charge in [0.25, 0.3) is 0 Å². The van der Waals surface area contributed by atoms with Crippen molar-refractivity contribution in [3.63, 3.8) is 0 Å². The third kappa shape index (κ3) is 5.34. The topological polar surface area (TPSA) is 74.3 Å². The Morgan fingerprint density at radius 1 is 1.03 bits per heavy atom. The predicted molar refractivity (Wildman–Crippen MR) is 113 cm³/mol. The quantitative estimate of drug-likeness (QED) is 0.816. The number of likely N-dealkylation sites (tertiary alicyclic amines) is 1. The van der Waals surface area contributed by atoms with Crippen molar-refractivity contribution in [2.24, 2.45) is 5.92 Å². The van der Waals surface area contributed by atoms with E-state index in [0.717, 1.165) is 16.8 Å². The molecule has 0 aliphatic carbocycles. The van der Waals surface area contributed by atoms with Crippen LogP contribution in [0.2, 0.25) is 0 Å². The minimum atomic E-state index is -0.285. The number of nitrogens with zero attached hydrogens (tertiary/aromatic N) is 2. The van der Waals surface area contributed by atoms with Crippen LogP contribution in [0.4, 0.5) is 4.79 Å². The van der Waals surface area contributed by atoms with Crippen LogP contribution in [0.5, 0.6) is 0 Å². The molecule has 2 heterocycles. The van der Waals surface area contributed by atoms with Gasteiger partial charge in [0.2, 0.25) is 5.91 Å². The number of piperidine rings is 1. The Morgan fingerprint density at radius 3 is 2.34 bits per heavy atom. The number of carbonyl (C=O) groups excluding carboxylic acids is 2. The fraction of sp³-hybridized carbons (Fsp3) is 0.435. The lowest BCUT2D eigenvalue weighted by atomic mass is 9.94. The van der Waals surface area contributed by atoms with Crippen molar-refractivity contribution in [3.05, 3.63) is 65.5 Å². The van der Waals surface area contributed by atoms with Crippen LogP contribution >= 0.6 is 0 Å². The van der Waals surface area contributed by atoms with Gasteiger partial charge in [0.15, 0.2) is 0 Å². The Bertz CT molecular complexity index is 830. The van der Waals surface area contributed by atoms with Crippen molar-refractivity contribution < 1.29 is 9.59 Å². The summed E-state index contributed by atoms with van der Waals surface area (Å²) >= 11 is 0. The highest BCUT2D eigenvalue weighted by atomic mass is 16.2. The van der Waals surface area contributed by atoms with Gasteiger partial charge >= 0.3 is 6.03 Å². The number of aromatic nitrogens is 1. The average molecular weight is 395 g/mol. The Morgan fingerprint density at radius 2 is 1.72 bits per heavy atom. The Hall–Kier alpha value is -2.89. The normalized spacial score (nSPS) is 15.8. The lowest BCUT2D eigenvalue weighted by molar-refractivity contribution is -0.126. The second-order valence-corrected chi connectivity index (χ2v) is 7.92. The highest BCUT2D eigenvalue weighted by Crippen LogP contribution is 2.25. The van der Waals surface area contributed by atoms with E-state index in [1.807, 2.05) is 63.2 Å². The Labute approximate surface area is 172 Å². The molecule has 6 heteroatoms. The molecule has 1 aliphatic heterocycles. The van der Waals surface area contributed by atoms with Crippen molar-refractivity contribution >= 4 is 11.9 Å². The summed E-state index contributed by atoms with van der Waals surface area (Å²) in [6.07, 6.45) is 3.09. The Balaban J connectivity index is 1.69. The number of hydrogen-bond donors (Lipinski definition) is 2. The maximum Gasteiger partial charge on any atom is 0.317 e. The zero-order chi connectivity index (χ0) is 20.8. The summed E-state index contributed by atoms with van der Waals surface area (Å²) in [6.45, 7) is 7.09. The van der Waals surface area contributed by atoms with Crippen LogP contribution in [-0.4, -0.2) is 41.0 Å². The van der Waals surface area contributed by atoms with Crippen molar-refractivity contribution in [3.8, 4) is 0 Å². The molecule has 3 rings (SSSR count). The first-order chi connectivity index (χ1) is 14.0. The number of hydrogen-bond acceptors (Lipinski definition) is 3. The first-order valence-electron chi connectivity index (χ1n) is 10.3. The van der Waals surface area contributed by atoms with E-state index >= 15 is 0 Å². The van der Waals surface area contributed by atoms with E-state index in [1.54, 1.807) is 11.1 Å². The number of benzene rings is 1. The van der Waals surface area contributed by atoms with E-state index < -0.39 is 0 Å². The van der Waals surface area contributed by atoms with E-state index in [-0.39, 0.29) is 29.9 Å². The molecular formula is C23H30N4O2. The van der Waals surface area contributed by atoms with Crippen LogP contribution in [-0.2, 0) is 4.79 Å². The number of pyridine rings is 1. The third-order valence-corrected chi connectivity index (χ3v) is 5.31. The molecule has 29 heavy (non-hydrogen) atoms. The van der Waals surface area contributed by atoms with Crippen LogP contribution < -0.4 is 10.6 Å². The summed E-state index contributed by atoms with van der Waals surface area (Å²) in [5, 5.41) is 6.13. The third-order valence-electron chi connectivity index (χ3n) is 5.31. The van der Waals surface area contributed by atoms with Gasteiger partial charge in [-0.1, -0.05) is 36.4 Å². The SMILES string of the molecule is Cc1cccnc1C(NC(=O)C1CCN(C(=O)NC(C)C)CC1)c1ccccc1. The van der Waals surface area contributed by atoms with Gasteiger partial charge in [-0.3, -0.25) is 9.78 Å². The van der Waals surface area contributed by atoms with Crippen LogP contribution in [0.15, 0.2) is 48.7 Å². The number of urea groups is 1. The molecule has 1 unspecified atom stereocenters. The molecule has 154 valence electrons. The summed E-state index contributed by atoms with van der Waals surface area (Å²) < 4.78 is 0. The zero-order valence-electron chi connectivity index (χ0n) is 17.4. The number of rotatable bonds is 5. The highest BCUT2D eigenvalue weighted by Gasteiger charge is 2.30. The van der Waals surface area contributed by atoms with E-state index in [9.17, 15) is 9.59 Å². The molecule has 0 radical (unpaired) electrons. The lowest BCUT2D eigenvalue weighted by Crippen LogP contribution is -2.48. The van der Waals surface area contributed by atoms with Crippen LogP contribution in [0.3, 0.4) is 0 Å². The van der Waals surface area contributed by atoms with Gasteiger partial charge in [-0.15, -0.1) is 0 Å². The maximum atomic E-state index is 13.1. The van der Waals surface area contributed by atoms with E-state index in [1.165, 1.54) is 0 Å². The van der Waals surface area contributed by atoms with Crippen LogP contribution in [0.1, 0.15) is 49.6 Å². The van der Waals surface area contributed by atoms with E-state index in [4.69, 9.17) is 0 Å².